The van der Waals surface area contributed by atoms with E-state index in [-0.39, 0.29) is 46.2 Å². The highest BCUT2D eigenvalue weighted by Gasteiger charge is 2.44. The van der Waals surface area contributed by atoms with E-state index in [1.807, 2.05) is 0 Å². The third kappa shape index (κ3) is 15.8. The Kier molecular flexibility index (Phi) is 14.4. The largest absolute Gasteiger partial charge is 0.491 e. The molecule has 0 aliphatic heterocycles. The summed E-state index contributed by atoms with van der Waals surface area (Å²) >= 11 is 0. The Hall–Kier alpha value is -1.58. The Bertz CT molecular complexity index is 610. The summed E-state index contributed by atoms with van der Waals surface area (Å²) in [5, 5.41) is 27.6. The van der Waals surface area contributed by atoms with Crippen LogP contribution in [0.25, 0.3) is 0 Å². The summed E-state index contributed by atoms with van der Waals surface area (Å²) in [6.07, 6.45) is -10.9. The van der Waals surface area contributed by atoms with Crippen LogP contribution in [0.3, 0.4) is 0 Å². The number of aliphatic hydroxyl groups is 3. The number of halogens is 4. The number of alkyl halides is 4. The van der Waals surface area contributed by atoms with E-state index in [1.165, 1.54) is 0 Å². The molecule has 0 spiro atoms. The van der Waals surface area contributed by atoms with Gasteiger partial charge in [-0.3, -0.25) is 4.74 Å². The van der Waals surface area contributed by atoms with Crippen LogP contribution < -0.4 is 4.74 Å². The lowest BCUT2D eigenvalue weighted by molar-refractivity contribution is -0.394. The van der Waals surface area contributed by atoms with Gasteiger partial charge in [-0.1, -0.05) is 18.2 Å². The lowest BCUT2D eigenvalue weighted by atomic mass is 10.3. The topological polar surface area (TPSA) is 116 Å². The molecule has 192 valence electrons. The minimum Gasteiger partial charge on any atom is -0.491 e. The van der Waals surface area contributed by atoms with E-state index in [1.54, 1.807) is 30.3 Å². The van der Waals surface area contributed by atoms with Crippen molar-refractivity contribution in [2.45, 2.75) is 24.4 Å². The monoisotopic (exact) mass is 490 g/mol. The minimum atomic E-state index is -4.33. The number of rotatable bonds is 20. The smallest absolute Gasteiger partial charge is 0.383 e. The first-order chi connectivity index (χ1) is 15.6. The molecule has 1 aromatic carbocycles. The number of ether oxygens (including phenoxy) is 6. The maximum Gasteiger partial charge on any atom is 0.383 e. The third-order valence-corrected chi connectivity index (χ3v) is 3.56. The normalized spacial score (nSPS) is 14.3. The fraction of sp³-hybridized carbons (Fsp3) is 0.700. The van der Waals surface area contributed by atoms with E-state index in [4.69, 9.17) is 19.3 Å². The molecule has 0 heterocycles. The molecule has 0 fully saturated rings. The Morgan fingerprint density at radius 2 is 1.21 bits per heavy atom. The van der Waals surface area contributed by atoms with Gasteiger partial charge in [0.15, 0.2) is 0 Å². The summed E-state index contributed by atoms with van der Waals surface area (Å²) in [5.41, 5.74) is 0. The Balaban J connectivity index is 2.14. The van der Waals surface area contributed by atoms with Crippen LogP contribution in [0.1, 0.15) is 0 Å². The Morgan fingerprint density at radius 3 is 1.85 bits per heavy atom. The Morgan fingerprint density at radius 1 is 0.697 bits per heavy atom. The van der Waals surface area contributed by atoms with Crippen molar-refractivity contribution >= 4 is 0 Å². The average Bonchev–Trinajstić information content (AvgIpc) is 2.74. The van der Waals surface area contributed by atoms with Gasteiger partial charge in [0.05, 0.1) is 46.2 Å². The number of hydrogen-bond donors (Lipinski definition) is 3. The second-order valence-electron chi connectivity index (χ2n) is 6.75. The van der Waals surface area contributed by atoms with Gasteiger partial charge in [0.25, 0.3) is 0 Å². The van der Waals surface area contributed by atoms with Crippen LogP contribution >= 0.6 is 0 Å². The van der Waals surface area contributed by atoms with E-state index in [2.05, 4.69) is 14.2 Å². The van der Waals surface area contributed by atoms with Gasteiger partial charge in [-0.25, -0.2) is 0 Å². The third-order valence-electron chi connectivity index (χ3n) is 3.56. The van der Waals surface area contributed by atoms with E-state index in [9.17, 15) is 27.8 Å². The van der Waals surface area contributed by atoms with Crippen LogP contribution in [0.4, 0.5) is 17.6 Å². The molecule has 3 N–H and O–H groups in total. The average molecular weight is 490 g/mol. The molecule has 0 aliphatic rings. The second-order valence-corrected chi connectivity index (χ2v) is 6.75. The van der Waals surface area contributed by atoms with Gasteiger partial charge in [-0.05, 0) is 12.1 Å². The highest BCUT2D eigenvalue weighted by atomic mass is 19.3. The number of aliphatic hydroxyl groups excluding tert-OH is 3. The van der Waals surface area contributed by atoms with Gasteiger partial charge in [0.2, 0.25) is 0 Å². The number of hydrogen-bond acceptors (Lipinski definition) is 9. The summed E-state index contributed by atoms with van der Waals surface area (Å²) in [6, 6.07) is 8.43. The molecule has 2 atom stereocenters. The second kappa shape index (κ2) is 16.1. The predicted octanol–water partition coefficient (Wildman–Crippen LogP) is 1.05. The van der Waals surface area contributed by atoms with Crippen molar-refractivity contribution in [3.63, 3.8) is 0 Å². The molecule has 1 rings (SSSR count). The molecule has 33 heavy (non-hydrogen) atoms. The highest BCUT2D eigenvalue weighted by Crippen LogP contribution is 2.27. The molecular weight excluding hydrogens is 460 g/mol. The van der Waals surface area contributed by atoms with Crippen LogP contribution in [0.5, 0.6) is 5.75 Å². The van der Waals surface area contributed by atoms with Crippen LogP contribution in [0.15, 0.2) is 30.3 Å². The molecule has 13 heteroatoms. The van der Waals surface area contributed by atoms with E-state index >= 15 is 0 Å². The molecule has 0 saturated heterocycles. The zero-order valence-corrected chi connectivity index (χ0v) is 17.9. The zero-order chi connectivity index (χ0) is 24.6. The minimum absolute atomic E-state index is 0.0498. The SMILES string of the molecule is OCCOCC(O)COCCOCC(F)(F)OC(F)(F)COCC(O)COc1ccccc1. The first-order valence-electron chi connectivity index (χ1n) is 10.0. The standard InChI is InChI=1S/C20H30F4O9/c21-19(22,14-30-9-8-29-11-16(26)10-28-7-6-25)33-20(23,24)15-31-12-17(27)13-32-18-4-2-1-3-5-18/h1-5,16-17,25-27H,6-15H2. The van der Waals surface area contributed by atoms with E-state index in [0.717, 1.165) is 0 Å². The van der Waals surface area contributed by atoms with Gasteiger partial charge in [0.1, 0.15) is 37.8 Å². The maximum atomic E-state index is 13.6. The van der Waals surface area contributed by atoms with Crippen molar-refractivity contribution in [1.82, 2.24) is 0 Å². The Labute approximate surface area is 188 Å². The molecule has 1 aromatic rings. The van der Waals surface area contributed by atoms with Crippen molar-refractivity contribution < 1.29 is 61.3 Å². The first-order valence-corrected chi connectivity index (χ1v) is 10.0. The summed E-state index contributed by atoms with van der Waals surface area (Å²) in [5.74, 6) is 0.457. The van der Waals surface area contributed by atoms with Gasteiger partial charge in [-0.2, -0.15) is 17.6 Å². The molecule has 0 aliphatic carbocycles. The quantitative estimate of drug-likeness (QED) is 0.182. The molecule has 0 radical (unpaired) electrons. The summed E-state index contributed by atoms with van der Waals surface area (Å²) < 4.78 is 81.9. The molecule has 0 bridgehead atoms. The lowest BCUT2D eigenvalue weighted by Gasteiger charge is -2.24. The lowest BCUT2D eigenvalue weighted by Crippen LogP contribution is -2.40. The number of para-hydroxylation sites is 1. The van der Waals surface area contributed by atoms with Crippen molar-refractivity contribution in [3.8, 4) is 5.75 Å². The summed E-state index contributed by atoms with van der Waals surface area (Å²) in [7, 11) is 0. The van der Waals surface area contributed by atoms with Gasteiger partial charge in [-0.15, -0.1) is 0 Å². The fourth-order valence-electron chi connectivity index (χ4n) is 2.21. The van der Waals surface area contributed by atoms with Crippen LogP contribution in [-0.4, -0.2) is 106 Å². The van der Waals surface area contributed by atoms with Crippen LogP contribution in [-0.2, 0) is 23.7 Å². The predicted molar refractivity (Wildman–Crippen MR) is 105 cm³/mol. The number of benzene rings is 1. The molecule has 0 saturated carbocycles. The van der Waals surface area contributed by atoms with E-state index in [0.29, 0.717) is 5.75 Å². The van der Waals surface area contributed by atoms with Crippen molar-refractivity contribution in [2.75, 3.05) is 66.1 Å². The van der Waals surface area contributed by atoms with Crippen LogP contribution in [0.2, 0.25) is 0 Å². The van der Waals surface area contributed by atoms with Crippen molar-refractivity contribution in [1.29, 1.82) is 0 Å². The van der Waals surface area contributed by atoms with Gasteiger partial charge < -0.3 is 39.0 Å². The molecule has 0 aromatic heterocycles. The molecular formula is C20H30F4O9. The fourth-order valence-corrected chi connectivity index (χ4v) is 2.21. The molecule has 9 nitrogen and oxygen atoms in total. The van der Waals surface area contributed by atoms with Crippen molar-refractivity contribution in [3.05, 3.63) is 30.3 Å². The molecule has 2 unspecified atom stereocenters. The van der Waals surface area contributed by atoms with Crippen LogP contribution in [0, 0.1) is 0 Å². The summed E-state index contributed by atoms with van der Waals surface area (Å²) in [4.78, 5) is 0. The molecule has 0 amide bonds. The zero-order valence-electron chi connectivity index (χ0n) is 17.9. The van der Waals surface area contributed by atoms with Gasteiger partial charge >= 0.3 is 12.2 Å². The van der Waals surface area contributed by atoms with Crippen molar-refractivity contribution in [2.24, 2.45) is 0 Å². The maximum absolute atomic E-state index is 13.6. The van der Waals surface area contributed by atoms with E-state index < -0.39 is 44.2 Å². The summed E-state index contributed by atoms with van der Waals surface area (Å²) in [6.45, 7) is -4.73. The highest BCUT2D eigenvalue weighted by molar-refractivity contribution is 5.20. The first kappa shape index (κ1) is 29.5. The van der Waals surface area contributed by atoms with Gasteiger partial charge in [0, 0.05) is 0 Å².